The van der Waals surface area contributed by atoms with Crippen LogP contribution in [-0.4, -0.2) is 25.1 Å². The summed E-state index contributed by atoms with van der Waals surface area (Å²) in [5.41, 5.74) is 5.26. The van der Waals surface area contributed by atoms with Crippen molar-refractivity contribution >= 4 is 11.9 Å². The van der Waals surface area contributed by atoms with Crippen LogP contribution in [0.5, 0.6) is 0 Å². The number of ether oxygens (including phenoxy) is 1. The molecule has 24 heavy (non-hydrogen) atoms. The Balaban J connectivity index is 0. The molecule has 5 nitrogen and oxygen atoms in total. The Kier molecular flexibility index (Phi) is 19.7. The van der Waals surface area contributed by atoms with E-state index in [1.807, 2.05) is 12.2 Å². The summed E-state index contributed by atoms with van der Waals surface area (Å²) in [5.74, 6) is -2.43. The van der Waals surface area contributed by atoms with Gasteiger partial charge in [-0.25, -0.2) is 0 Å². The molecular weight excluding hydrogens is 301 g/mol. The van der Waals surface area contributed by atoms with E-state index in [2.05, 4.69) is 6.92 Å². The number of hydrogen-bond acceptors (Lipinski definition) is 5. The number of hydrogen-bond donors (Lipinski definition) is 1. The fourth-order valence-electron chi connectivity index (χ4n) is 2.34. The number of rotatable bonds is 15. The normalized spacial score (nSPS) is 11.9. The number of carboxylic acids is 1. The molecule has 0 radical (unpaired) electrons. The molecule has 0 aromatic heterocycles. The van der Waals surface area contributed by atoms with Crippen LogP contribution >= 0.6 is 0 Å². The number of nitrogens with two attached hydrogens (primary N) is 1. The third-order valence-electron chi connectivity index (χ3n) is 3.67. The number of carboxylic acid groups (broad SMARTS) is 1. The van der Waals surface area contributed by atoms with Gasteiger partial charge in [-0.3, -0.25) is 4.79 Å². The molecule has 1 unspecified atom stereocenters. The first-order valence-corrected chi connectivity index (χ1v) is 8.83. The predicted octanol–water partition coefficient (Wildman–Crippen LogP) is -0.664. The van der Waals surface area contributed by atoms with Gasteiger partial charge in [0, 0.05) is 18.9 Å². The van der Waals surface area contributed by atoms with Crippen LogP contribution in [0.15, 0.2) is 12.2 Å². The van der Waals surface area contributed by atoms with Crippen LogP contribution in [0.4, 0.5) is 0 Å². The summed E-state index contributed by atoms with van der Waals surface area (Å²) in [5, 5.41) is 10.7. The topological polar surface area (TPSA) is 92.4 Å². The molecule has 0 aromatic rings. The van der Waals surface area contributed by atoms with E-state index in [1.54, 1.807) is 0 Å². The van der Waals surface area contributed by atoms with Crippen molar-refractivity contribution in [1.29, 1.82) is 0 Å². The van der Waals surface area contributed by atoms with Gasteiger partial charge >= 0.3 is 24.8 Å². The zero-order chi connectivity index (χ0) is 17.3. The Morgan fingerprint density at radius 1 is 1.08 bits per heavy atom. The number of aliphatic carboxylic acids is 1. The fraction of sp³-hybridized carbons (Fsp3) is 0.778. The molecular formula is C18H32LiNO4. The fourth-order valence-corrected chi connectivity index (χ4v) is 2.34. The summed E-state index contributed by atoms with van der Waals surface area (Å²) >= 11 is 0. The summed E-state index contributed by atoms with van der Waals surface area (Å²) in [4.78, 5) is 22.4. The molecule has 0 bridgehead atoms. The van der Waals surface area contributed by atoms with Crippen molar-refractivity contribution in [2.75, 3.05) is 13.2 Å². The van der Waals surface area contributed by atoms with E-state index in [9.17, 15) is 14.7 Å². The molecule has 1 atom stereocenters. The minimum absolute atomic E-state index is 0. The van der Waals surface area contributed by atoms with Crippen LogP contribution < -0.4 is 29.7 Å². The Bertz CT molecular complexity index is 348. The summed E-state index contributed by atoms with van der Waals surface area (Å²) in [7, 11) is 0. The second-order valence-corrected chi connectivity index (χ2v) is 5.85. The van der Waals surface area contributed by atoms with Crippen molar-refractivity contribution in [1.82, 2.24) is 0 Å². The van der Waals surface area contributed by atoms with Crippen molar-refractivity contribution in [3.8, 4) is 0 Å². The van der Waals surface area contributed by atoms with Gasteiger partial charge in [-0.15, -0.1) is 0 Å². The van der Waals surface area contributed by atoms with Crippen molar-refractivity contribution < 1.29 is 38.3 Å². The van der Waals surface area contributed by atoms with Crippen LogP contribution in [0.25, 0.3) is 0 Å². The smallest absolute Gasteiger partial charge is 0.550 e. The minimum atomic E-state index is -1.24. The monoisotopic (exact) mass is 333 g/mol. The quantitative estimate of drug-likeness (QED) is 0.186. The van der Waals surface area contributed by atoms with Crippen LogP contribution in [0, 0.1) is 5.92 Å². The average molecular weight is 333 g/mol. The Hall–Kier alpha value is -0.763. The molecule has 0 aliphatic heterocycles. The average Bonchev–Trinajstić information content (AvgIpc) is 2.52. The zero-order valence-corrected chi connectivity index (χ0v) is 15.4. The third-order valence-corrected chi connectivity index (χ3v) is 3.67. The number of unbranched alkanes of at least 4 members (excludes halogenated alkanes) is 7. The van der Waals surface area contributed by atoms with Gasteiger partial charge in [0.25, 0.3) is 0 Å². The molecule has 2 N–H and O–H groups in total. The number of esters is 1. The molecule has 0 rings (SSSR count). The van der Waals surface area contributed by atoms with Crippen LogP contribution in [-0.2, 0) is 14.3 Å². The summed E-state index contributed by atoms with van der Waals surface area (Å²) in [6.45, 7) is 2.56. The van der Waals surface area contributed by atoms with Gasteiger partial charge in [-0.05, 0) is 19.3 Å². The van der Waals surface area contributed by atoms with Gasteiger partial charge in [-0.1, -0.05) is 57.6 Å². The Morgan fingerprint density at radius 3 is 2.29 bits per heavy atom. The SMILES string of the molecule is CCCCCCCCCC=CCC(CC(=O)[O-])C(=O)OCCN.[Li+]. The molecule has 0 aliphatic rings. The molecule has 0 aliphatic carbocycles. The van der Waals surface area contributed by atoms with Crippen LogP contribution in [0.1, 0.15) is 71.1 Å². The second kappa shape index (κ2) is 18.6. The Morgan fingerprint density at radius 2 is 1.71 bits per heavy atom. The molecule has 0 fully saturated rings. The van der Waals surface area contributed by atoms with E-state index < -0.39 is 17.9 Å². The largest absolute Gasteiger partial charge is 1.00 e. The minimum Gasteiger partial charge on any atom is -0.550 e. The van der Waals surface area contributed by atoms with E-state index in [-0.39, 0.29) is 38.4 Å². The van der Waals surface area contributed by atoms with Gasteiger partial charge in [0.05, 0.1) is 5.92 Å². The van der Waals surface area contributed by atoms with Crippen molar-refractivity contribution in [2.24, 2.45) is 11.7 Å². The summed E-state index contributed by atoms with van der Waals surface area (Å²) in [6.07, 6.45) is 13.7. The van der Waals surface area contributed by atoms with E-state index in [4.69, 9.17) is 10.5 Å². The van der Waals surface area contributed by atoms with Gasteiger partial charge in [0.2, 0.25) is 0 Å². The molecule has 0 amide bonds. The van der Waals surface area contributed by atoms with Gasteiger partial charge in [0.15, 0.2) is 0 Å². The maximum absolute atomic E-state index is 11.7. The first kappa shape index (κ1) is 25.5. The summed E-state index contributed by atoms with van der Waals surface area (Å²) < 4.78 is 4.91. The third kappa shape index (κ3) is 16.1. The molecule has 0 heterocycles. The first-order valence-electron chi connectivity index (χ1n) is 8.83. The number of carbonyl (C=O) groups excluding carboxylic acids is 2. The van der Waals surface area contributed by atoms with Crippen LogP contribution in [0.2, 0.25) is 0 Å². The number of carbonyl (C=O) groups is 2. The van der Waals surface area contributed by atoms with Gasteiger partial charge in [-0.2, -0.15) is 0 Å². The van der Waals surface area contributed by atoms with Crippen molar-refractivity contribution in [3.63, 3.8) is 0 Å². The van der Waals surface area contributed by atoms with E-state index >= 15 is 0 Å². The van der Waals surface area contributed by atoms with E-state index in [0.717, 1.165) is 12.8 Å². The molecule has 6 heteroatoms. The molecule has 134 valence electrons. The maximum atomic E-state index is 11.7. The molecule has 0 saturated heterocycles. The molecule has 0 spiro atoms. The number of allylic oxidation sites excluding steroid dienone is 2. The maximum Gasteiger partial charge on any atom is 1.00 e. The summed E-state index contributed by atoms with van der Waals surface area (Å²) in [6, 6.07) is 0. The molecule has 0 saturated carbocycles. The second-order valence-electron chi connectivity index (χ2n) is 5.85. The standard InChI is InChI=1S/C18H33NO4.Li/c1-2-3-4-5-6-7-8-9-10-11-12-16(15-17(20)21)18(22)23-14-13-19;/h10-11,16H,2-9,12-15,19H2,1H3,(H,20,21);/q;+1/p-1. The van der Waals surface area contributed by atoms with Gasteiger partial charge < -0.3 is 20.4 Å². The van der Waals surface area contributed by atoms with Gasteiger partial charge in [0.1, 0.15) is 6.61 Å². The predicted molar refractivity (Wildman–Crippen MR) is 89.5 cm³/mol. The van der Waals surface area contributed by atoms with Crippen molar-refractivity contribution in [3.05, 3.63) is 12.2 Å². The van der Waals surface area contributed by atoms with Crippen LogP contribution in [0.3, 0.4) is 0 Å². The van der Waals surface area contributed by atoms with E-state index in [1.165, 1.54) is 38.5 Å². The molecule has 0 aromatic carbocycles. The first-order chi connectivity index (χ1) is 11.1. The Labute approximate surface area is 158 Å². The van der Waals surface area contributed by atoms with E-state index in [0.29, 0.717) is 6.42 Å². The zero-order valence-electron chi connectivity index (χ0n) is 15.4. The van der Waals surface area contributed by atoms with Crippen molar-refractivity contribution in [2.45, 2.75) is 71.1 Å².